The van der Waals surface area contributed by atoms with Crippen molar-refractivity contribution in [1.82, 2.24) is 0 Å². The number of fused-ring (bicyclic) bond motifs is 5. The lowest BCUT2D eigenvalue weighted by Crippen LogP contribution is -2.51. The van der Waals surface area contributed by atoms with Crippen LogP contribution in [-0.4, -0.2) is 33.5 Å². The first kappa shape index (κ1) is 19.9. The molecule has 148 valence electrons. The molecule has 0 spiro atoms. The number of hydrogen-bond donors (Lipinski definition) is 3. The zero-order chi connectivity index (χ0) is 19.1. The van der Waals surface area contributed by atoms with E-state index in [9.17, 15) is 15.0 Å². The third kappa shape index (κ3) is 3.24. The van der Waals surface area contributed by atoms with E-state index >= 15 is 0 Å². The van der Waals surface area contributed by atoms with Crippen LogP contribution in [0.2, 0.25) is 0 Å². The highest BCUT2D eigenvalue weighted by molar-refractivity contribution is 5.66. The van der Waals surface area contributed by atoms with Crippen molar-refractivity contribution in [3.8, 4) is 0 Å². The molecule has 0 amide bonds. The van der Waals surface area contributed by atoms with Gasteiger partial charge in [0.25, 0.3) is 0 Å². The number of carbonyl (C=O) groups is 1. The van der Waals surface area contributed by atoms with Gasteiger partial charge < -0.3 is 15.3 Å². The molecule has 3 saturated carbocycles. The molecule has 4 aliphatic rings. The Labute approximate surface area is 157 Å². The Bertz CT molecular complexity index is 570. The summed E-state index contributed by atoms with van der Waals surface area (Å²) in [5.41, 5.74) is 2.05. The highest BCUT2D eigenvalue weighted by Crippen LogP contribution is 2.64. The second-order valence-electron chi connectivity index (χ2n) is 9.54. The highest BCUT2D eigenvalue weighted by atomic mass is 16.4. The van der Waals surface area contributed by atoms with E-state index in [0.717, 1.165) is 37.5 Å². The third-order valence-electron chi connectivity index (χ3n) is 8.33. The molecule has 7 atom stereocenters. The van der Waals surface area contributed by atoms with E-state index in [1.54, 1.807) is 12.5 Å². The monoisotopic (exact) mass is 364 g/mol. The van der Waals surface area contributed by atoms with E-state index in [0.29, 0.717) is 11.3 Å². The zero-order valence-electron chi connectivity index (χ0n) is 16.6. The normalized spacial score (nSPS) is 46.8. The molecule has 0 saturated heterocycles. The quantitative estimate of drug-likeness (QED) is 0.611. The Kier molecular flexibility index (Phi) is 5.56. The molecule has 4 nitrogen and oxygen atoms in total. The molecule has 0 heterocycles. The summed E-state index contributed by atoms with van der Waals surface area (Å²) in [6.07, 6.45) is 11.5. The predicted molar refractivity (Wildman–Crippen MR) is 102 cm³/mol. The van der Waals surface area contributed by atoms with Gasteiger partial charge in [0, 0.05) is 6.42 Å². The van der Waals surface area contributed by atoms with Gasteiger partial charge in [-0.25, -0.2) is 0 Å². The van der Waals surface area contributed by atoms with E-state index < -0.39 is 5.97 Å². The molecule has 0 aromatic carbocycles. The van der Waals surface area contributed by atoms with Crippen molar-refractivity contribution < 1.29 is 20.1 Å². The van der Waals surface area contributed by atoms with E-state index in [-0.39, 0.29) is 24.0 Å². The van der Waals surface area contributed by atoms with Crippen LogP contribution in [0.5, 0.6) is 0 Å². The summed E-state index contributed by atoms with van der Waals surface area (Å²) in [5.74, 6) is 1.52. The molecule has 0 bridgehead atoms. The molecular weight excluding hydrogens is 328 g/mol. The Morgan fingerprint density at radius 1 is 1.12 bits per heavy atom. The van der Waals surface area contributed by atoms with Crippen molar-refractivity contribution in [3.63, 3.8) is 0 Å². The molecule has 4 rings (SSSR count). The van der Waals surface area contributed by atoms with Gasteiger partial charge in [-0.15, -0.1) is 0 Å². The summed E-state index contributed by atoms with van der Waals surface area (Å²) >= 11 is 0. The molecule has 26 heavy (non-hydrogen) atoms. The smallest absolute Gasteiger partial charge is 0.303 e. The van der Waals surface area contributed by atoms with Gasteiger partial charge in [0.2, 0.25) is 0 Å². The predicted octanol–water partition coefficient (Wildman–Crippen LogP) is 4.15. The van der Waals surface area contributed by atoms with Gasteiger partial charge in [-0.1, -0.05) is 32.4 Å². The lowest BCUT2D eigenvalue weighted by Gasteiger charge is -2.57. The van der Waals surface area contributed by atoms with Crippen LogP contribution >= 0.6 is 0 Å². The van der Waals surface area contributed by atoms with Crippen LogP contribution in [0, 0.1) is 28.6 Å². The first-order chi connectivity index (χ1) is 12.2. The van der Waals surface area contributed by atoms with Gasteiger partial charge >= 0.3 is 5.97 Å². The van der Waals surface area contributed by atoms with E-state index in [2.05, 4.69) is 19.9 Å². The summed E-state index contributed by atoms with van der Waals surface area (Å²) in [4.78, 5) is 9.37. The fourth-order valence-corrected chi connectivity index (χ4v) is 6.61. The molecular formula is C22H36O4. The maximum atomic E-state index is 10.5. The minimum absolute atomic E-state index is 0.0742. The van der Waals surface area contributed by atoms with Crippen molar-refractivity contribution in [3.05, 3.63) is 11.6 Å². The van der Waals surface area contributed by atoms with Crippen LogP contribution in [0.4, 0.5) is 0 Å². The SMILES string of the molecule is CC12CCC(O)CC1=CCC1C2CCC2(C)C(O)CCC12.CCC(=O)O. The number of aliphatic carboxylic acids is 1. The first-order valence-corrected chi connectivity index (χ1v) is 10.5. The number of aliphatic hydroxyl groups excluding tert-OH is 2. The van der Waals surface area contributed by atoms with Crippen LogP contribution in [0.25, 0.3) is 0 Å². The largest absolute Gasteiger partial charge is 0.481 e. The van der Waals surface area contributed by atoms with Gasteiger partial charge in [-0.05, 0) is 80.0 Å². The van der Waals surface area contributed by atoms with Crippen molar-refractivity contribution >= 4 is 5.97 Å². The van der Waals surface area contributed by atoms with Crippen molar-refractivity contribution in [2.75, 3.05) is 0 Å². The first-order valence-electron chi connectivity index (χ1n) is 10.5. The van der Waals surface area contributed by atoms with Crippen molar-refractivity contribution in [1.29, 1.82) is 0 Å². The summed E-state index contributed by atoms with van der Waals surface area (Å²) in [6, 6.07) is 0. The molecule has 3 N–H and O–H groups in total. The third-order valence-corrected chi connectivity index (χ3v) is 8.33. The lowest BCUT2D eigenvalue weighted by atomic mass is 9.48. The van der Waals surface area contributed by atoms with Crippen molar-refractivity contribution in [2.24, 2.45) is 28.6 Å². The topological polar surface area (TPSA) is 77.8 Å². The minimum atomic E-state index is -0.745. The summed E-state index contributed by atoms with van der Waals surface area (Å²) in [6.45, 7) is 6.41. The maximum Gasteiger partial charge on any atom is 0.303 e. The van der Waals surface area contributed by atoms with Crippen LogP contribution in [0.1, 0.15) is 78.6 Å². The molecule has 0 aliphatic heterocycles. The van der Waals surface area contributed by atoms with E-state index in [1.807, 2.05) is 0 Å². The van der Waals surface area contributed by atoms with E-state index in [1.165, 1.54) is 25.7 Å². The lowest BCUT2D eigenvalue weighted by molar-refractivity contribution is -0.136. The summed E-state index contributed by atoms with van der Waals surface area (Å²) < 4.78 is 0. The van der Waals surface area contributed by atoms with Gasteiger partial charge in [0.15, 0.2) is 0 Å². The van der Waals surface area contributed by atoms with Crippen LogP contribution in [0.15, 0.2) is 11.6 Å². The zero-order valence-corrected chi connectivity index (χ0v) is 16.6. The Morgan fingerprint density at radius 2 is 1.81 bits per heavy atom. The highest BCUT2D eigenvalue weighted by Gasteiger charge is 2.58. The van der Waals surface area contributed by atoms with E-state index in [4.69, 9.17) is 5.11 Å². The second kappa shape index (κ2) is 7.27. The second-order valence-corrected chi connectivity index (χ2v) is 9.54. The number of carboxylic acid groups (broad SMARTS) is 1. The standard InChI is InChI=1S/C19H30O2.C3H6O2/c1-18-9-7-13(20)11-12(18)3-4-14-15-5-6-17(21)19(15,2)10-8-16(14)18;1-2-3(4)5/h3,13-17,20-21H,4-11H2,1-2H3;2H2,1H3,(H,4,5). The number of allylic oxidation sites excluding steroid dienone is 1. The van der Waals surface area contributed by atoms with Gasteiger partial charge in [0.05, 0.1) is 12.2 Å². The van der Waals surface area contributed by atoms with Gasteiger partial charge in [-0.3, -0.25) is 4.79 Å². The Hall–Kier alpha value is -0.870. The fourth-order valence-electron chi connectivity index (χ4n) is 6.61. The number of hydrogen-bond acceptors (Lipinski definition) is 3. The maximum absolute atomic E-state index is 10.5. The van der Waals surface area contributed by atoms with Gasteiger partial charge in [0.1, 0.15) is 0 Å². The number of aliphatic hydroxyl groups is 2. The molecule has 0 aromatic heterocycles. The van der Waals surface area contributed by atoms with Crippen LogP contribution in [-0.2, 0) is 4.79 Å². The molecule has 7 unspecified atom stereocenters. The average molecular weight is 365 g/mol. The molecule has 0 aromatic rings. The fraction of sp³-hybridized carbons (Fsp3) is 0.864. The van der Waals surface area contributed by atoms with Crippen LogP contribution < -0.4 is 0 Å². The summed E-state index contributed by atoms with van der Waals surface area (Å²) in [7, 11) is 0. The van der Waals surface area contributed by atoms with Gasteiger partial charge in [-0.2, -0.15) is 0 Å². The number of carboxylic acids is 1. The number of rotatable bonds is 1. The Balaban J connectivity index is 0.000000349. The molecule has 4 heteroatoms. The molecule has 3 fully saturated rings. The molecule has 4 aliphatic carbocycles. The van der Waals surface area contributed by atoms with Crippen molar-refractivity contribution in [2.45, 2.75) is 90.8 Å². The Morgan fingerprint density at radius 3 is 2.46 bits per heavy atom. The van der Waals surface area contributed by atoms with Crippen LogP contribution in [0.3, 0.4) is 0 Å². The summed E-state index contributed by atoms with van der Waals surface area (Å²) in [5, 5.41) is 28.2. The molecule has 0 radical (unpaired) electrons. The minimum Gasteiger partial charge on any atom is -0.481 e. The average Bonchev–Trinajstić information content (AvgIpc) is 2.91.